The van der Waals surface area contributed by atoms with E-state index in [1.165, 1.54) is 6.33 Å². The maximum Gasteiger partial charge on any atom is 0.226 e. The second kappa shape index (κ2) is 6.77. The van der Waals surface area contributed by atoms with Crippen LogP contribution in [0.25, 0.3) is 0 Å². The molecule has 0 radical (unpaired) electrons. The number of carbonyl (C=O) groups is 1. The van der Waals surface area contributed by atoms with E-state index < -0.39 is 0 Å². The van der Waals surface area contributed by atoms with Crippen LogP contribution in [-0.4, -0.2) is 32.8 Å². The summed E-state index contributed by atoms with van der Waals surface area (Å²) in [6, 6.07) is 14.5. The lowest BCUT2D eigenvalue weighted by molar-refractivity contribution is -0.116. The standard InChI is InChI=1S/C22H20N4O3/c1-29-15-6-4-5-13(9-15)21-20-17(25-22-23-12-24-26(21)22)10-14(11-19(20)28)16-7-2-3-8-18(16)27/h2-9,12,14,21,27H,10-11H2,1H3,(H,23,24,25)/t14-,21-/m0/s1. The molecule has 2 N–H and O–H groups in total. The van der Waals surface area contributed by atoms with Crippen LogP contribution in [0.4, 0.5) is 5.95 Å². The van der Waals surface area contributed by atoms with Gasteiger partial charge < -0.3 is 15.2 Å². The van der Waals surface area contributed by atoms with Crippen molar-refractivity contribution < 1.29 is 14.6 Å². The van der Waals surface area contributed by atoms with Crippen molar-refractivity contribution in [1.29, 1.82) is 0 Å². The van der Waals surface area contributed by atoms with E-state index in [1.54, 1.807) is 23.9 Å². The summed E-state index contributed by atoms with van der Waals surface area (Å²) in [7, 11) is 1.62. The fourth-order valence-electron chi connectivity index (χ4n) is 4.32. The molecule has 7 heteroatoms. The molecule has 0 bridgehead atoms. The largest absolute Gasteiger partial charge is 0.508 e. The van der Waals surface area contributed by atoms with Gasteiger partial charge >= 0.3 is 0 Å². The first-order valence-electron chi connectivity index (χ1n) is 9.50. The van der Waals surface area contributed by atoms with Gasteiger partial charge in [0.15, 0.2) is 5.78 Å². The lowest BCUT2D eigenvalue weighted by Crippen LogP contribution is -2.33. The van der Waals surface area contributed by atoms with Crippen LogP contribution in [0.1, 0.15) is 35.9 Å². The van der Waals surface area contributed by atoms with Crippen LogP contribution in [0, 0.1) is 0 Å². The Hall–Kier alpha value is -3.61. The summed E-state index contributed by atoms with van der Waals surface area (Å²) >= 11 is 0. The number of aromatic nitrogens is 3. The number of para-hydroxylation sites is 1. The lowest BCUT2D eigenvalue weighted by Gasteiger charge is -2.35. The zero-order valence-corrected chi connectivity index (χ0v) is 15.9. The third-order valence-corrected chi connectivity index (χ3v) is 5.65. The van der Waals surface area contributed by atoms with E-state index in [9.17, 15) is 9.90 Å². The number of hydrogen-bond acceptors (Lipinski definition) is 6. The number of nitrogens with one attached hydrogen (secondary N) is 1. The normalized spacial score (nSPS) is 20.7. The first-order chi connectivity index (χ1) is 14.2. The third-order valence-electron chi connectivity index (χ3n) is 5.65. The number of phenols is 1. The summed E-state index contributed by atoms with van der Waals surface area (Å²) < 4.78 is 7.12. The summed E-state index contributed by atoms with van der Waals surface area (Å²) in [4.78, 5) is 17.6. The van der Waals surface area contributed by atoms with Crippen LogP contribution >= 0.6 is 0 Å². The SMILES string of the molecule is COc1cccc([C@H]2C3=C(C[C@H](c4ccccc4O)CC3=O)Nc3ncnn32)c1. The summed E-state index contributed by atoms with van der Waals surface area (Å²) in [5, 5.41) is 17.9. The second-order valence-electron chi connectivity index (χ2n) is 7.31. The highest BCUT2D eigenvalue weighted by Gasteiger charge is 2.39. The minimum Gasteiger partial charge on any atom is -0.508 e. The van der Waals surface area contributed by atoms with Crippen molar-refractivity contribution in [2.75, 3.05) is 12.4 Å². The van der Waals surface area contributed by atoms with Gasteiger partial charge in [0.1, 0.15) is 23.9 Å². The number of hydrogen-bond donors (Lipinski definition) is 2. The molecule has 0 spiro atoms. The monoisotopic (exact) mass is 388 g/mol. The minimum absolute atomic E-state index is 0.0426. The Morgan fingerprint density at radius 2 is 2.03 bits per heavy atom. The number of anilines is 1. The fourth-order valence-corrected chi connectivity index (χ4v) is 4.32. The maximum absolute atomic E-state index is 13.3. The van der Waals surface area contributed by atoms with E-state index in [2.05, 4.69) is 15.4 Å². The summed E-state index contributed by atoms with van der Waals surface area (Å²) in [5.41, 5.74) is 3.24. The highest BCUT2D eigenvalue weighted by molar-refractivity contribution is 6.00. The van der Waals surface area contributed by atoms with E-state index in [1.807, 2.05) is 36.4 Å². The number of methoxy groups -OCH3 is 1. The van der Waals surface area contributed by atoms with Crippen LogP contribution in [-0.2, 0) is 4.79 Å². The molecule has 146 valence electrons. The molecule has 0 amide bonds. The highest BCUT2D eigenvalue weighted by Crippen LogP contribution is 2.45. The molecule has 0 saturated heterocycles. The second-order valence-corrected chi connectivity index (χ2v) is 7.31. The number of Topliss-reactive ketones (excluding diaryl/α,β-unsaturated/α-hetero) is 1. The Morgan fingerprint density at radius 1 is 1.17 bits per heavy atom. The van der Waals surface area contributed by atoms with Crippen LogP contribution in [0.15, 0.2) is 66.1 Å². The molecule has 5 rings (SSSR count). The van der Waals surface area contributed by atoms with Gasteiger partial charge in [-0.3, -0.25) is 4.79 Å². The third kappa shape index (κ3) is 2.86. The molecular weight excluding hydrogens is 368 g/mol. The lowest BCUT2D eigenvalue weighted by atomic mass is 9.77. The van der Waals surface area contributed by atoms with Gasteiger partial charge in [-0.25, -0.2) is 4.68 Å². The quantitative estimate of drug-likeness (QED) is 0.715. The number of allylic oxidation sites excluding steroid dienone is 2. The predicted molar refractivity (Wildman–Crippen MR) is 107 cm³/mol. The first kappa shape index (κ1) is 17.5. The summed E-state index contributed by atoms with van der Waals surface area (Å²) in [5.74, 6) is 1.50. The van der Waals surface area contributed by atoms with Crippen molar-refractivity contribution in [3.63, 3.8) is 0 Å². The molecule has 2 atom stereocenters. The Bertz CT molecular complexity index is 1130. The topological polar surface area (TPSA) is 89.3 Å². The van der Waals surface area contributed by atoms with Gasteiger partial charge in [0.05, 0.1) is 7.11 Å². The minimum atomic E-state index is -0.364. The molecule has 2 heterocycles. The summed E-state index contributed by atoms with van der Waals surface area (Å²) in [6.45, 7) is 0. The zero-order valence-electron chi connectivity index (χ0n) is 15.9. The Kier molecular flexibility index (Phi) is 4.08. The van der Waals surface area contributed by atoms with Gasteiger partial charge in [-0.15, -0.1) is 0 Å². The van der Waals surface area contributed by atoms with Gasteiger partial charge in [0, 0.05) is 23.6 Å². The molecule has 1 aromatic heterocycles. The van der Waals surface area contributed by atoms with Crippen molar-refractivity contribution >= 4 is 11.7 Å². The number of carbonyl (C=O) groups excluding carboxylic acids is 1. The number of nitrogens with zero attached hydrogens (tertiary/aromatic N) is 3. The number of ketones is 1. The Morgan fingerprint density at radius 3 is 2.86 bits per heavy atom. The molecule has 0 fully saturated rings. The number of rotatable bonds is 3. The first-order valence-corrected chi connectivity index (χ1v) is 9.50. The van der Waals surface area contributed by atoms with Gasteiger partial charge in [-0.05, 0) is 35.7 Å². The molecule has 3 aromatic rings. The van der Waals surface area contributed by atoms with E-state index in [-0.39, 0.29) is 23.5 Å². The highest BCUT2D eigenvalue weighted by atomic mass is 16.5. The average Bonchev–Trinajstić information content (AvgIpc) is 3.20. The molecule has 29 heavy (non-hydrogen) atoms. The van der Waals surface area contributed by atoms with Crippen molar-refractivity contribution in [3.8, 4) is 11.5 Å². The molecule has 1 aliphatic heterocycles. The molecule has 2 aromatic carbocycles. The molecule has 7 nitrogen and oxygen atoms in total. The number of aromatic hydroxyl groups is 1. The van der Waals surface area contributed by atoms with Crippen LogP contribution in [0.5, 0.6) is 11.5 Å². The number of fused-ring (bicyclic) bond motifs is 1. The number of benzene rings is 2. The van der Waals surface area contributed by atoms with E-state index >= 15 is 0 Å². The smallest absolute Gasteiger partial charge is 0.226 e. The van der Waals surface area contributed by atoms with Gasteiger partial charge in [-0.2, -0.15) is 10.1 Å². The van der Waals surface area contributed by atoms with Crippen LogP contribution < -0.4 is 10.1 Å². The van der Waals surface area contributed by atoms with Crippen LogP contribution in [0.3, 0.4) is 0 Å². The predicted octanol–water partition coefficient (Wildman–Crippen LogP) is 3.41. The van der Waals surface area contributed by atoms with E-state index in [0.717, 1.165) is 22.6 Å². The van der Waals surface area contributed by atoms with Gasteiger partial charge in [0.25, 0.3) is 0 Å². The van der Waals surface area contributed by atoms with Crippen molar-refractivity contribution in [3.05, 3.63) is 77.3 Å². The number of ether oxygens (including phenoxy) is 1. The molecule has 0 saturated carbocycles. The zero-order chi connectivity index (χ0) is 20.0. The fraction of sp³-hybridized carbons (Fsp3) is 0.227. The Balaban J connectivity index is 1.61. The van der Waals surface area contributed by atoms with Crippen molar-refractivity contribution in [2.45, 2.75) is 24.8 Å². The maximum atomic E-state index is 13.3. The Labute approximate surface area is 167 Å². The van der Waals surface area contributed by atoms with Crippen molar-refractivity contribution in [2.24, 2.45) is 0 Å². The van der Waals surface area contributed by atoms with E-state index in [4.69, 9.17) is 4.74 Å². The van der Waals surface area contributed by atoms with Crippen molar-refractivity contribution in [1.82, 2.24) is 14.8 Å². The summed E-state index contributed by atoms with van der Waals surface area (Å²) in [6.07, 6.45) is 2.44. The van der Waals surface area contributed by atoms with Gasteiger partial charge in [-0.1, -0.05) is 30.3 Å². The number of phenolic OH excluding ortho intramolecular Hbond substituents is 1. The van der Waals surface area contributed by atoms with E-state index in [0.29, 0.717) is 24.4 Å². The average molecular weight is 388 g/mol. The van der Waals surface area contributed by atoms with Gasteiger partial charge in [0.2, 0.25) is 5.95 Å². The molecule has 1 aliphatic carbocycles. The molecule has 0 unspecified atom stereocenters. The van der Waals surface area contributed by atoms with Crippen LogP contribution in [0.2, 0.25) is 0 Å². The molecular formula is C22H20N4O3. The molecule has 2 aliphatic rings.